The molecular formula is C11H15BrO7. The highest BCUT2D eigenvalue weighted by atomic mass is 79.9. The van der Waals surface area contributed by atoms with Crippen LogP contribution in [0.2, 0.25) is 0 Å². The lowest BCUT2D eigenvalue weighted by atomic mass is 10.1. The topological polar surface area (TPSA) is 88.1 Å². The molecule has 0 bridgehead atoms. The van der Waals surface area contributed by atoms with Crippen molar-refractivity contribution < 1.29 is 33.3 Å². The Labute approximate surface area is 118 Å². The molecule has 8 heteroatoms. The van der Waals surface area contributed by atoms with Crippen molar-refractivity contribution >= 4 is 33.8 Å². The summed E-state index contributed by atoms with van der Waals surface area (Å²) in [6.45, 7) is 3.70. The average Bonchev–Trinajstić information content (AvgIpc) is 2.25. The van der Waals surface area contributed by atoms with Gasteiger partial charge in [0, 0.05) is 20.8 Å². The number of esters is 3. The fraction of sp³-hybridized carbons (Fsp3) is 0.727. The first-order chi connectivity index (χ1) is 8.81. The van der Waals surface area contributed by atoms with Crippen LogP contribution in [0.25, 0.3) is 0 Å². The molecular weight excluding hydrogens is 324 g/mol. The summed E-state index contributed by atoms with van der Waals surface area (Å²) in [4.78, 5) is 33.2. The largest absolute Gasteiger partial charge is 0.456 e. The highest BCUT2D eigenvalue weighted by Gasteiger charge is 2.45. The van der Waals surface area contributed by atoms with Gasteiger partial charge in [-0.05, 0) is 0 Å². The fourth-order valence-corrected chi connectivity index (χ4v) is 2.26. The number of alkyl halides is 1. The first-order valence-corrected chi connectivity index (χ1v) is 6.50. The van der Waals surface area contributed by atoms with E-state index in [1.807, 2.05) is 0 Å². The molecule has 0 aromatic rings. The Balaban J connectivity index is 2.89. The van der Waals surface area contributed by atoms with E-state index >= 15 is 0 Å². The number of carbonyl (C=O) groups excluding carboxylic acids is 3. The summed E-state index contributed by atoms with van der Waals surface area (Å²) in [6, 6.07) is 0. The van der Waals surface area contributed by atoms with E-state index in [4.69, 9.17) is 18.9 Å². The van der Waals surface area contributed by atoms with E-state index in [-0.39, 0.29) is 6.61 Å². The number of rotatable bonds is 3. The van der Waals surface area contributed by atoms with Gasteiger partial charge in [-0.25, -0.2) is 0 Å². The third-order valence-corrected chi connectivity index (χ3v) is 3.08. The van der Waals surface area contributed by atoms with Crippen LogP contribution in [0.15, 0.2) is 0 Å². The molecule has 1 aliphatic rings. The van der Waals surface area contributed by atoms with Gasteiger partial charge in [0.2, 0.25) is 0 Å². The zero-order valence-electron chi connectivity index (χ0n) is 10.8. The molecule has 19 heavy (non-hydrogen) atoms. The molecule has 0 radical (unpaired) electrons. The Morgan fingerprint density at radius 2 is 1.42 bits per heavy atom. The Morgan fingerprint density at radius 1 is 0.947 bits per heavy atom. The van der Waals surface area contributed by atoms with Gasteiger partial charge in [-0.2, -0.15) is 0 Å². The molecule has 1 heterocycles. The van der Waals surface area contributed by atoms with Crippen molar-refractivity contribution in [3.63, 3.8) is 0 Å². The minimum absolute atomic E-state index is 0.0329. The average molecular weight is 339 g/mol. The summed E-state index contributed by atoms with van der Waals surface area (Å²) in [5.74, 6) is -1.67. The predicted molar refractivity (Wildman–Crippen MR) is 65.3 cm³/mol. The number of hydrogen-bond donors (Lipinski definition) is 0. The van der Waals surface area contributed by atoms with Crippen LogP contribution in [-0.4, -0.2) is 47.8 Å². The lowest BCUT2D eigenvalue weighted by Crippen LogP contribution is -2.55. The minimum Gasteiger partial charge on any atom is -0.456 e. The van der Waals surface area contributed by atoms with Crippen molar-refractivity contribution in [3.8, 4) is 0 Å². The summed E-state index contributed by atoms with van der Waals surface area (Å²) in [5, 5.41) is -0.646. The van der Waals surface area contributed by atoms with Crippen molar-refractivity contribution in [2.75, 3.05) is 6.61 Å². The molecule has 0 N–H and O–H groups in total. The van der Waals surface area contributed by atoms with E-state index < -0.39 is 41.2 Å². The highest BCUT2D eigenvalue weighted by molar-refractivity contribution is 9.09. The molecule has 1 fully saturated rings. The first-order valence-electron chi connectivity index (χ1n) is 5.58. The van der Waals surface area contributed by atoms with Gasteiger partial charge in [-0.3, -0.25) is 14.4 Å². The number of hydrogen-bond acceptors (Lipinski definition) is 7. The van der Waals surface area contributed by atoms with Gasteiger partial charge < -0.3 is 18.9 Å². The smallest absolute Gasteiger partial charge is 0.303 e. The maximum absolute atomic E-state index is 11.1. The van der Waals surface area contributed by atoms with Gasteiger partial charge in [-0.15, -0.1) is 0 Å². The minimum atomic E-state index is -0.913. The Morgan fingerprint density at radius 3 is 1.89 bits per heavy atom. The molecule has 0 aromatic carbocycles. The summed E-state index contributed by atoms with van der Waals surface area (Å²) in [5.41, 5.74) is 0. The van der Waals surface area contributed by atoms with Crippen LogP contribution >= 0.6 is 15.9 Å². The normalized spacial score (nSPS) is 30.3. The molecule has 0 amide bonds. The fourth-order valence-electron chi connectivity index (χ4n) is 1.70. The molecule has 0 aliphatic carbocycles. The van der Waals surface area contributed by atoms with Gasteiger partial charge in [0.1, 0.15) is 0 Å². The molecule has 1 aliphatic heterocycles. The lowest BCUT2D eigenvalue weighted by Gasteiger charge is -2.38. The third kappa shape index (κ3) is 4.79. The second-order valence-corrected chi connectivity index (χ2v) is 4.88. The summed E-state index contributed by atoms with van der Waals surface area (Å²) in [6.07, 6.45) is -2.62. The van der Waals surface area contributed by atoms with Crippen molar-refractivity contribution in [2.45, 2.75) is 44.1 Å². The SMILES string of the molecule is CC(=O)OC1C(OC(C)=O)[C@@H](Br)OC[C@@H]1OC(C)=O. The van der Waals surface area contributed by atoms with E-state index in [2.05, 4.69) is 15.9 Å². The van der Waals surface area contributed by atoms with Crippen molar-refractivity contribution in [1.29, 1.82) is 0 Å². The number of carbonyl (C=O) groups is 3. The van der Waals surface area contributed by atoms with Crippen molar-refractivity contribution in [2.24, 2.45) is 0 Å². The summed E-state index contributed by atoms with van der Waals surface area (Å²) in [7, 11) is 0. The summed E-state index contributed by atoms with van der Waals surface area (Å²) < 4.78 is 20.4. The lowest BCUT2D eigenvalue weighted by molar-refractivity contribution is -0.212. The van der Waals surface area contributed by atoms with Crippen molar-refractivity contribution in [3.05, 3.63) is 0 Å². The van der Waals surface area contributed by atoms with Gasteiger partial charge in [0.15, 0.2) is 23.3 Å². The van der Waals surface area contributed by atoms with Crippen LogP contribution in [0, 0.1) is 0 Å². The van der Waals surface area contributed by atoms with Gasteiger partial charge in [-0.1, -0.05) is 15.9 Å². The molecule has 2 unspecified atom stereocenters. The van der Waals surface area contributed by atoms with Gasteiger partial charge >= 0.3 is 17.9 Å². The summed E-state index contributed by atoms with van der Waals surface area (Å²) >= 11 is 3.18. The molecule has 0 aromatic heterocycles. The number of halogens is 1. The Kier molecular flexibility index (Phi) is 5.74. The van der Waals surface area contributed by atoms with Gasteiger partial charge in [0.25, 0.3) is 0 Å². The molecule has 4 atom stereocenters. The van der Waals surface area contributed by atoms with E-state index in [1.165, 1.54) is 20.8 Å². The maximum atomic E-state index is 11.1. The van der Waals surface area contributed by atoms with E-state index in [1.54, 1.807) is 0 Å². The van der Waals surface area contributed by atoms with E-state index in [0.29, 0.717) is 0 Å². The van der Waals surface area contributed by atoms with Crippen LogP contribution in [0.4, 0.5) is 0 Å². The number of ether oxygens (including phenoxy) is 4. The van der Waals surface area contributed by atoms with Crippen molar-refractivity contribution in [1.82, 2.24) is 0 Å². The van der Waals surface area contributed by atoms with E-state index in [9.17, 15) is 14.4 Å². The monoisotopic (exact) mass is 338 g/mol. The zero-order chi connectivity index (χ0) is 14.6. The molecule has 1 saturated heterocycles. The van der Waals surface area contributed by atoms with Crippen LogP contribution in [0.3, 0.4) is 0 Å². The molecule has 108 valence electrons. The maximum Gasteiger partial charge on any atom is 0.303 e. The second-order valence-electron chi connectivity index (χ2n) is 3.98. The van der Waals surface area contributed by atoms with Crippen LogP contribution < -0.4 is 0 Å². The standard InChI is InChI=1S/C11H15BrO7/c1-5(13)17-8-4-16-11(12)10(19-7(3)15)9(8)18-6(2)14/h8-11H,4H2,1-3H3/t8-,9?,10?,11-/m0/s1. The molecule has 7 nitrogen and oxygen atoms in total. The van der Waals surface area contributed by atoms with Crippen LogP contribution in [-0.2, 0) is 33.3 Å². The van der Waals surface area contributed by atoms with Crippen LogP contribution in [0.1, 0.15) is 20.8 Å². The second kappa shape index (κ2) is 6.85. The molecule has 0 saturated carbocycles. The predicted octanol–water partition coefficient (Wildman–Crippen LogP) is 0.533. The Bertz CT molecular complexity index is 370. The quantitative estimate of drug-likeness (QED) is 0.421. The van der Waals surface area contributed by atoms with Gasteiger partial charge in [0.05, 0.1) is 6.61 Å². The third-order valence-electron chi connectivity index (χ3n) is 2.29. The van der Waals surface area contributed by atoms with Crippen LogP contribution in [0.5, 0.6) is 0 Å². The Hall–Kier alpha value is -1.15. The van der Waals surface area contributed by atoms with E-state index in [0.717, 1.165) is 0 Å². The zero-order valence-corrected chi connectivity index (χ0v) is 12.3. The molecule has 0 spiro atoms. The highest BCUT2D eigenvalue weighted by Crippen LogP contribution is 2.27. The molecule has 1 rings (SSSR count). The first kappa shape index (κ1) is 15.9.